The monoisotopic (exact) mass is 477 g/mol. The first kappa shape index (κ1) is 22.7. The highest BCUT2D eigenvalue weighted by Gasteiger charge is 2.31. The molecule has 1 aliphatic rings. The molecule has 3 heterocycles. The van der Waals surface area contributed by atoms with Crippen molar-refractivity contribution in [1.82, 2.24) is 19.5 Å². The Morgan fingerprint density at radius 3 is 2.26 bits per heavy atom. The van der Waals surface area contributed by atoms with Crippen LogP contribution >= 0.6 is 11.3 Å². The van der Waals surface area contributed by atoms with Gasteiger partial charge in [0.05, 0.1) is 18.0 Å². The molecule has 1 N–H and O–H groups in total. The average molecular weight is 478 g/mol. The maximum atomic E-state index is 11.2. The predicted molar refractivity (Wildman–Crippen MR) is 136 cm³/mol. The van der Waals surface area contributed by atoms with Crippen LogP contribution in [0.15, 0.2) is 48.5 Å². The zero-order valence-corrected chi connectivity index (χ0v) is 20.8. The highest BCUT2D eigenvalue weighted by molar-refractivity contribution is 7.17. The third-order valence-corrected chi connectivity index (χ3v) is 7.70. The van der Waals surface area contributed by atoms with E-state index in [9.17, 15) is 5.11 Å². The molecule has 1 saturated heterocycles. The molecule has 1 atom stereocenters. The molecule has 0 spiro atoms. The quantitative estimate of drug-likeness (QED) is 0.422. The van der Waals surface area contributed by atoms with Crippen LogP contribution < -0.4 is 9.64 Å². The van der Waals surface area contributed by atoms with Crippen LogP contribution in [-0.2, 0) is 12.8 Å². The molecule has 8 heteroatoms. The van der Waals surface area contributed by atoms with Crippen molar-refractivity contribution in [2.75, 3.05) is 38.2 Å². The predicted octanol–water partition coefficient (Wildman–Crippen LogP) is 4.54. The molecule has 0 bridgehead atoms. The lowest BCUT2D eigenvalue weighted by molar-refractivity contribution is 0.211. The van der Waals surface area contributed by atoms with E-state index < -0.39 is 0 Å². The van der Waals surface area contributed by atoms with E-state index in [1.165, 1.54) is 28.2 Å². The molecular weight excluding hydrogens is 446 g/mol. The summed E-state index contributed by atoms with van der Waals surface area (Å²) in [6.45, 7) is 7.80. The van der Waals surface area contributed by atoms with Crippen LogP contribution in [0, 0.1) is 0 Å². The molecule has 178 valence electrons. The Morgan fingerprint density at radius 1 is 0.971 bits per heavy atom. The summed E-state index contributed by atoms with van der Waals surface area (Å²) in [7, 11) is 1.69. The second-order valence-electron chi connectivity index (χ2n) is 8.58. The van der Waals surface area contributed by atoms with Crippen molar-refractivity contribution in [2.24, 2.45) is 0 Å². The van der Waals surface area contributed by atoms with E-state index in [1.54, 1.807) is 11.6 Å². The first-order valence-electron chi connectivity index (χ1n) is 11.9. The van der Waals surface area contributed by atoms with Gasteiger partial charge in [-0.1, -0.05) is 49.4 Å². The van der Waals surface area contributed by atoms with Gasteiger partial charge in [-0.3, -0.25) is 4.90 Å². The van der Waals surface area contributed by atoms with Crippen LogP contribution in [0.1, 0.15) is 41.7 Å². The maximum absolute atomic E-state index is 11.2. The summed E-state index contributed by atoms with van der Waals surface area (Å²) < 4.78 is 6.90. The number of ether oxygens (including phenoxy) is 1. The van der Waals surface area contributed by atoms with Crippen molar-refractivity contribution in [3.8, 4) is 11.6 Å². The Balaban J connectivity index is 1.44. The van der Waals surface area contributed by atoms with Gasteiger partial charge >= 0.3 is 0 Å². The molecule has 4 aromatic rings. The Labute approximate surface area is 204 Å². The Kier molecular flexibility index (Phi) is 6.43. The number of hydrogen-bond acceptors (Lipinski definition) is 7. The molecule has 0 radical (unpaired) electrons. The fraction of sp³-hybridized carbons (Fsp3) is 0.385. The molecule has 34 heavy (non-hydrogen) atoms. The van der Waals surface area contributed by atoms with Crippen LogP contribution in [0.3, 0.4) is 0 Å². The van der Waals surface area contributed by atoms with Gasteiger partial charge in [-0.2, -0.15) is 4.52 Å². The fourth-order valence-corrected chi connectivity index (χ4v) is 5.75. The minimum absolute atomic E-state index is 0.0394. The molecule has 1 fully saturated rings. The zero-order valence-electron chi connectivity index (χ0n) is 19.9. The molecule has 0 unspecified atom stereocenters. The molecule has 0 saturated carbocycles. The second kappa shape index (κ2) is 9.64. The molecule has 7 nitrogen and oxygen atoms in total. The van der Waals surface area contributed by atoms with E-state index >= 15 is 0 Å². The van der Waals surface area contributed by atoms with E-state index in [0.717, 1.165) is 60.4 Å². The summed E-state index contributed by atoms with van der Waals surface area (Å²) in [6, 6.07) is 17.0. The van der Waals surface area contributed by atoms with Gasteiger partial charge in [0.25, 0.3) is 0 Å². The number of fused-ring (bicyclic) bond motifs is 1. The van der Waals surface area contributed by atoms with E-state index in [2.05, 4.69) is 63.2 Å². The molecule has 2 aromatic carbocycles. The van der Waals surface area contributed by atoms with Gasteiger partial charge in [0.15, 0.2) is 5.82 Å². The molecule has 0 aliphatic carbocycles. The molecule has 0 amide bonds. The second-order valence-corrected chi connectivity index (χ2v) is 9.59. The molecular formula is C26H31N5O2S. The van der Waals surface area contributed by atoms with Gasteiger partial charge in [-0.15, -0.1) is 5.10 Å². The minimum Gasteiger partial charge on any atom is -0.497 e. The van der Waals surface area contributed by atoms with Crippen LogP contribution in [0.4, 0.5) is 5.69 Å². The highest BCUT2D eigenvalue weighted by atomic mass is 32.1. The zero-order chi connectivity index (χ0) is 23.7. The van der Waals surface area contributed by atoms with E-state index in [-0.39, 0.29) is 11.9 Å². The summed E-state index contributed by atoms with van der Waals surface area (Å²) >= 11 is 1.54. The maximum Gasteiger partial charge on any atom is 0.230 e. The topological polar surface area (TPSA) is 66.1 Å². The van der Waals surface area contributed by atoms with Gasteiger partial charge in [0, 0.05) is 38.3 Å². The normalized spacial score (nSPS) is 15.7. The lowest BCUT2D eigenvalue weighted by Crippen LogP contribution is -2.47. The third-order valence-electron chi connectivity index (χ3n) is 6.63. The van der Waals surface area contributed by atoms with Crippen molar-refractivity contribution in [3.05, 3.63) is 70.4 Å². The molecule has 5 rings (SSSR count). The van der Waals surface area contributed by atoms with E-state index in [4.69, 9.17) is 4.74 Å². The number of aryl methyl sites for hydroxylation is 2. The standard InChI is InChI=1S/C26H31N5O2S/c1-4-18-6-8-19(9-7-18)23(24-25(32)31-26(34-24)27-22(5-2)28-31)30-16-14-29(15-17-30)20-10-12-21(33-3)13-11-20/h6-13,23,32H,4-5,14-17H2,1-3H3/t23-/m1/s1. The van der Waals surface area contributed by atoms with Crippen LogP contribution in [0.2, 0.25) is 0 Å². The number of aromatic hydroxyl groups is 1. The van der Waals surface area contributed by atoms with Crippen LogP contribution in [0.25, 0.3) is 4.96 Å². The van der Waals surface area contributed by atoms with Crippen molar-refractivity contribution in [1.29, 1.82) is 0 Å². The third kappa shape index (κ3) is 4.23. The Bertz CT molecular complexity index is 1240. The number of nitrogens with zero attached hydrogens (tertiary/aromatic N) is 5. The van der Waals surface area contributed by atoms with Crippen LogP contribution in [0.5, 0.6) is 11.6 Å². The van der Waals surface area contributed by atoms with Crippen molar-refractivity contribution in [3.63, 3.8) is 0 Å². The number of rotatable bonds is 7. The highest BCUT2D eigenvalue weighted by Crippen LogP contribution is 2.40. The number of methoxy groups -OCH3 is 1. The lowest BCUT2D eigenvalue weighted by atomic mass is 10.0. The first-order valence-corrected chi connectivity index (χ1v) is 12.7. The van der Waals surface area contributed by atoms with Crippen LogP contribution in [-0.4, -0.2) is 57.9 Å². The first-order chi connectivity index (χ1) is 16.6. The summed E-state index contributed by atoms with van der Waals surface area (Å²) in [5.74, 6) is 1.83. The number of benzene rings is 2. The largest absolute Gasteiger partial charge is 0.497 e. The smallest absolute Gasteiger partial charge is 0.230 e. The molecule has 2 aromatic heterocycles. The molecule has 1 aliphatic heterocycles. The van der Waals surface area contributed by atoms with Crippen molar-refractivity contribution >= 4 is 22.0 Å². The summed E-state index contributed by atoms with van der Waals surface area (Å²) in [5.41, 5.74) is 3.70. The van der Waals surface area contributed by atoms with Crippen molar-refractivity contribution in [2.45, 2.75) is 32.7 Å². The van der Waals surface area contributed by atoms with E-state index in [0.29, 0.717) is 0 Å². The minimum atomic E-state index is -0.0394. The van der Waals surface area contributed by atoms with Gasteiger partial charge in [0.1, 0.15) is 5.75 Å². The number of hydrogen-bond donors (Lipinski definition) is 1. The van der Waals surface area contributed by atoms with E-state index in [1.807, 2.05) is 19.1 Å². The number of aromatic nitrogens is 3. The number of piperazine rings is 1. The van der Waals surface area contributed by atoms with Gasteiger partial charge in [-0.25, -0.2) is 4.98 Å². The fourth-order valence-electron chi connectivity index (χ4n) is 4.61. The number of anilines is 1. The summed E-state index contributed by atoms with van der Waals surface area (Å²) in [6.07, 6.45) is 1.76. The van der Waals surface area contributed by atoms with Gasteiger partial charge < -0.3 is 14.7 Å². The summed E-state index contributed by atoms with van der Waals surface area (Å²) in [4.78, 5) is 11.1. The lowest BCUT2D eigenvalue weighted by Gasteiger charge is -2.40. The number of thiazole rings is 1. The van der Waals surface area contributed by atoms with Gasteiger partial charge in [-0.05, 0) is 41.8 Å². The Hall–Kier alpha value is -3.10. The summed E-state index contributed by atoms with van der Waals surface area (Å²) in [5, 5.41) is 15.7. The SMILES string of the molecule is CCc1ccc([C@H](c2sc3nc(CC)nn3c2O)N2CCN(c3ccc(OC)cc3)CC2)cc1. The van der Waals surface area contributed by atoms with Crippen molar-refractivity contribution < 1.29 is 9.84 Å². The average Bonchev–Trinajstić information content (AvgIpc) is 3.44. The Morgan fingerprint density at radius 2 is 1.68 bits per heavy atom. The van der Waals surface area contributed by atoms with Gasteiger partial charge in [0.2, 0.25) is 10.8 Å².